The third-order valence-corrected chi connectivity index (χ3v) is 3.46. The zero-order valence-electron chi connectivity index (χ0n) is 13.5. The second-order valence-corrected chi connectivity index (χ2v) is 5.64. The van der Waals surface area contributed by atoms with Gasteiger partial charge in [-0.25, -0.2) is 8.78 Å². The second-order valence-electron chi connectivity index (χ2n) is 5.23. The molecule has 0 atom stereocenters. The predicted octanol–water partition coefficient (Wildman–Crippen LogP) is 2.95. The first-order valence-electron chi connectivity index (χ1n) is 7.36. The zero-order valence-corrected chi connectivity index (χ0v) is 14.3. The number of hydrogen-bond acceptors (Lipinski definition) is 3. The van der Waals surface area contributed by atoms with Gasteiger partial charge in [-0.3, -0.25) is 14.4 Å². The van der Waals surface area contributed by atoms with Crippen LogP contribution in [0.4, 0.5) is 20.2 Å². The van der Waals surface area contributed by atoms with Crippen LogP contribution in [0.15, 0.2) is 36.4 Å². The van der Waals surface area contributed by atoms with E-state index >= 15 is 0 Å². The van der Waals surface area contributed by atoms with E-state index in [1.165, 1.54) is 25.1 Å². The van der Waals surface area contributed by atoms with Crippen molar-refractivity contribution in [2.45, 2.75) is 6.92 Å². The molecule has 0 heterocycles. The molecule has 0 radical (unpaired) electrons. The Morgan fingerprint density at radius 2 is 1.77 bits per heavy atom. The van der Waals surface area contributed by atoms with E-state index in [1.807, 2.05) is 0 Å². The van der Waals surface area contributed by atoms with Crippen LogP contribution in [0.25, 0.3) is 0 Å². The van der Waals surface area contributed by atoms with E-state index in [1.54, 1.807) is 0 Å². The maximum absolute atomic E-state index is 13.5. The Balaban J connectivity index is 1.93. The Hall–Kier alpha value is -3.00. The summed E-state index contributed by atoms with van der Waals surface area (Å²) in [6, 6.07) is 6.94. The SMILES string of the molecule is CC(=O)Nc1ccc(NC(=O)CNC(=O)c2ccc(F)cc2F)cc1Cl. The van der Waals surface area contributed by atoms with E-state index in [0.29, 0.717) is 17.4 Å². The first-order valence-corrected chi connectivity index (χ1v) is 7.74. The molecule has 0 saturated carbocycles. The molecule has 2 aromatic rings. The molecule has 3 N–H and O–H groups in total. The van der Waals surface area contributed by atoms with Crippen molar-refractivity contribution in [2.24, 2.45) is 0 Å². The minimum absolute atomic E-state index is 0.218. The molecular formula is C17H14ClF2N3O3. The average molecular weight is 382 g/mol. The molecule has 6 nitrogen and oxygen atoms in total. The lowest BCUT2D eigenvalue weighted by atomic mass is 10.2. The number of hydrogen-bond donors (Lipinski definition) is 3. The molecule has 0 spiro atoms. The van der Waals surface area contributed by atoms with Crippen LogP contribution in [0.1, 0.15) is 17.3 Å². The molecule has 0 aliphatic carbocycles. The second kappa shape index (κ2) is 8.39. The minimum Gasteiger partial charge on any atom is -0.343 e. The van der Waals surface area contributed by atoms with Gasteiger partial charge in [0, 0.05) is 18.7 Å². The summed E-state index contributed by atoms with van der Waals surface area (Å²) < 4.78 is 26.3. The Labute approximate surface area is 152 Å². The van der Waals surface area contributed by atoms with Crippen LogP contribution in [-0.2, 0) is 9.59 Å². The Morgan fingerprint density at radius 1 is 1.04 bits per heavy atom. The molecule has 3 amide bonds. The van der Waals surface area contributed by atoms with Gasteiger partial charge >= 0.3 is 0 Å². The largest absolute Gasteiger partial charge is 0.343 e. The normalized spacial score (nSPS) is 10.2. The topological polar surface area (TPSA) is 87.3 Å². The number of benzene rings is 2. The van der Waals surface area contributed by atoms with Crippen molar-refractivity contribution in [1.29, 1.82) is 0 Å². The number of carbonyl (C=O) groups is 3. The maximum atomic E-state index is 13.5. The zero-order chi connectivity index (χ0) is 19.3. The maximum Gasteiger partial charge on any atom is 0.254 e. The van der Waals surface area contributed by atoms with Gasteiger partial charge in [-0.1, -0.05) is 11.6 Å². The molecular weight excluding hydrogens is 368 g/mol. The average Bonchev–Trinajstić information content (AvgIpc) is 2.55. The number of nitrogens with one attached hydrogen (secondary N) is 3. The molecule has 0 aliphatic heterocycles. The summed E-state index contributed by atoms with van der Waals surface area (Å²) in [5.74, 6) is -3.56. The summed E-state index contributed by atoms with van der Waals surface area (Å²) >= 11 is 5.99. The van der Waals surface area contributed by atoms with Gasteiger partial charge in [0.05, 0.1) is 22.8 Å². The quantitative estimate of drug-likeness (QED) is 0.744. The summed E-state index contributed by atoms with van der Waals surface area (Å²) in [5.41, 5.74) is 0.357. The van der Waals surface area contributed by atoms with E-state index < -0.39 is 30.0 Å². The first kappa shape index (κ1) is 19.3. The van der Waals surface area contributed by atoms with Gasteiger partial charge in [-0.2, -0.15) is 0 Å². The number of carbonyl (C=O) groups excluding carboxylic acids is 3. The predicted molar refractivity (Wildman–Crippen MR) is 93.1 cm³/mol. The molecule has 26 heavy (non-hydrogen) atoms. The van der Waals surface area contributed by atoms with Gasteiger partial charge in [0.25, 0.3) is 5.91 Å². The van der Waals surface area contributed by atoms with Crippen LogP contribution in [0.2, 0.25) is 5.02 Å². The summed E-state index contributed by atoms with van der Waals surface area (Å²) in [4.78, 5) is 34.7. The molecule has 0 bridgehead atoms. The number of rotatable bonds is 5. The van der Waals surface area contributed by atoms with Gasteiger partial charge in [0.2, 0.25) is 11.8 Å². The van der Waals surface area contributed by atoms with E-state index in [2.05, 4.69) is 16.0 Å². The highest BCUT2D eigenvalue weighted by Crippen LogP contribution is 2.25. The van der Waals surface area contributed by atoms with Crippen LogP contribution in [-0.4, -0.2) is 24.3 Å². The fourth-order valence-corrected chi connectivity index (χ4v) is 2.25. The van der Waals surface area contributed by atoms with Gasteiger partial charge in [0.15, 0.2) is 0 Å². The smallest absolute Gasteiger partial charge is 0.254 e. The molecule has 0 aliphatic rings. The molecule has 0 unspecified atom stereocenters. The lowest BCUT2D eigenvalue weighted by Crippen LogP contribution is -2.33. The molecule has 2 aromatic carbocycles. The Kier molecular flexibility index (Phi) is 6.24. The molecule has 9 heteroatoms. The summed E-state index contributed by atoms with van der Waals surface area (Å²) in [6.45, 7) is 0.902. The molecule has 0 aromatic heterocycles. The molecule has 0 fully saturated rings. The van der Waals surface area contributed by atoms with E-state index in [9.17, 15) is 23.2 Å². The third-order valence-electron chi connectivity index (χ3n) is 3.15. The first-order chi connectivity index (χ1) is 12.3. The van der Waals surface area contributed by atoms with Gasteiger partial charge < -0.3 is 16.0 Å². The summed E-state index contributed by atoms with van der Waals surface area (Å²) in [6.07, 6.45) is 0. The Morgan fingerprint density at radius 3 is 2.38 bits per heavy atom. The van der Waals surface area contributed by atoms with Crippen LogP contribution in [0, 0.1) is 11.6 Å². The highest BCUT2D eigenvalue weighted by molar-refractivity contribution is 6.34. The van der Waals surface area contributed by atoms with Crippen molar-refractivity contribution in [1.82, 2.24) is 5.32 Å². The standard InChI is InChI=1S/C17H14ClF2N3O3/c1-9(24)22-15-5-3-11(7-13(15)18)23-16(25)8-21-17(26)12-4-2-10(19)6-14(12)20/h2-7H,8H2,1H3,(H,21,26)(H,22,24)(H,23,25). The van der Waals surface area contributed by atoms with Crippen molar-refractivity contribution in [3.8, 4) is 0 Å². The lowest BCUT2D eigenvalue weighted by molar-refractivity contribution is -0.115. The van der Waals surface area contributed by atoms with Crippen LogP contribution in [0.3, 0.4) is 0 Å². The third kappa shape index (κ3) is 5.25. The van der Waals surface area contributed by atoms with Crippen molar-refractivity contribution >= 4 is 40.7 Å². The van der Waals surface area contributed by atoms with Gasteiger partial charge in [-0.15, -0.1) is 0 Å². The van der Waals surface area contributed by atoms with E-state index in [0.717, 1.165) is 12.1 Å². The monoisotopic (exact) mass is 381 g/mol. The number of anilines is 2. The fourth-order valence-electron chi connectivity index (χ4n) is 2.02. The number of amides is 3. The van der Waals surface area contributed by atoms with Gasteiger partial charge in [0.1, 0.15) is 11.6 Å². The molecule has 2 rings (SSSR count). The van der Waals surface area contributed by atoms with Crippen LogP contribution in [0.5, 0.6) is 0 Å². The van der Waals surface area contributed by atoms with Crippen molar-refractivity contribution < 1.29 is 23.2 Å². The lowest BCUT2D eigenvalue weighted by Gasteiger charge is -2.10. The summed E-state index contributed by atoms with van der Waals surface area (Å²) in [5, 5.41) is 7.45. The minimum atomic E-state index is -1.02. The highest BCUT2D eigenvalue weighted by atomic mass is 35.5. The van der Waals surface area contributed by atoms with Crippen molar-refractivity contribution in [3.63, 3.8) is 0 Å². The molecule has 0 saturated heterocycles. The van der Waals surface area contributed by atoms with E-state index in [-0.39, 0.29) is 16.5 Å². The van der Waals surface area contributed by atoms with Crippen LogP contribution < -0.4 is 16.0 Å². The fraction of sp³-hybridized carbons (Fsp3) is 0.118. The molecule has 136 valence electrons. The van der Waals surface area contributed by atoms with Crippen molar-refractivity contribution in [2.75, 3.05) is 17.2 Å². The van der Waals surface area contributed by atoms with Gasteiger partial charge in [-0.05, 0) is 30.3 Å². The van der Waals surface area contributed by atoms with E-state index in [4.69, 9.17) is 11.6 Å². The van der Waals surface area contributed by atoms with Crippen LogP contribution >= 0.6 is 11.6 Å². The highest BCUT2D eigenvalue weighted by Gasteiger charge is 2.14. The summed E-state index contributed by atoms with van der Waals surface area (Å²) in [7, 11) is 0. The Bertz CT molecular complexity index is 874. The van der Waals surface area contributed by atoms with Crippen molar-refractivity contribution in [3.05, 3.63) is 58.6 Å². The number of halogens is 3.